The van der Waals surface area contributed by atoms with Gasteiger partial charge in [-0.3, -0.25) is 9.78 Å². The van der Waals surface area contributed by atoms with E-state index in [4.69, 9.17) is 11.6 Å². The second-order valence-electron chi connectivity index (χ2n) is 7.11. The molecule has 1 heterocycles. The van der Waals surface area contributed by atoms with Crippen LogP contribution in [0.4, 0.5) is 0 Å². The first kappa shape index (κ1) is 17.9. The van der Waals surface area contributed by atoms with E-state index in [-0.39, 0.29) is 11.9 Å². The van der Waals surface area contributed by atoms with Crippen molar-refractivity contribution in [3.63, 3.8) is 0 Å². The molecule has 0 bridgehead atoms. The first-order valence-electron chi connectivity index (χ1n) is 9.02. The predicted octanol–water partition coefficient (Wildman–Crippen LogP) is 5.14. The standard InChI is InChI=1S/C21H25ClN2O/c1-14-13-19(11-12-23-14)17-5-3-16(4-6-17)15(2)24-21(25)18-7-9-20(22)10-8-18/h7-13,15-17H,3-6H2,1-2H3,(H,24,25). The minimum absolute atomic E-state index is 0.0175. The van der Waals surface area contributed by atoms with E-state index < -0.39 is 0 Å². The topological polar surface area (TPSA) is 42.0 Å². The molecular formula is C21H25ClN2O. The minimum atomic E-state index is -0.0175. The van der Waals surface area contributed by atoms with E-state index in [1.807, 2.05) is 13.1 Å². The fraction of sp³-hybridized carbons (Fsp3) is 0.429. The molecule has 1 aliphatic rings. The monoisotopic (exact) mass is 356 g/mol. The normalized spacial score (nSPS) is 21.6. The molecule has 0 aliphatic heterocycles. The summed E-state index contributed by atoms with van der Waals surface area (Å²) in [5.41, 5.74) is 3.16. The Balaban J connectivity index is 1.53. The predicted molar refractivity (Wildman–Crippen MR) is 102 cm³/mol. The maximum absolute atomic E-state index is 12.4. The van der Waals surface area contributed by atoms with Crippen LogP contribution in [0.3, 0.4) is 0 Å². The molecule has 0 spiro atoms. The van der Waals surface area contributed by atoms with E-state index in [9.17, 15) is 4.79 Å². The molecule has 1 fully saturated rings. The number of carbonyl (C=O) groups excluding carboxylic acids is 1. The number of nitrogens with one attached hydrogen (secondary N) is 1. The Kier molecular flexibility index (Phi) is 5.74. The van der Waals surface area contributed by atoms with Crippen molar-refractivity contribution >= 4 is 17.5 Å². The Hall–Kier alpha value is -1.87. The first-order chi connectivity index (χ1) is 12.0. The summed E-state index contributed by atoms with van der Waals surface area (Å²) in [5, 5.41) is 3.80. The largest absolute Gasteiger partial charge is 0.349 e. The number of rotatable bonds is 4. The number of aromatic nitrogens is 1. The lowest BCUT2D eigenvalue weighted by Gasteiger charge is -2.33. The number of pyridine rings is 1. The lowest BCUT2D eigenvalue weighted by Crippen LogP contribution is -2.39. The highest BCUT2D eigenvalue weighted by Gasteiger charge is 2.27. The van der Waals surface area contributed by atoms with E-state index >= 15 is 0 Å². The van der Waals surface area contributed by atoms with Crippen molar-refractivity contribution in [2.45, 2.75) is 51.5 Å². The van der Waals surface area contributed by atoms with Crippen molar-refractivity contribution in [3.05, 3.63) is 64.4 Å². The third-order valence-electron chi connectivity index (χ3n) is 5.34. The zero-order valence-electron chi connectivity index (χ0n) is 14.8. The van der Waals surface area contributed by atoms with E-state index in [1.54, 1.807) is 24.3 Å². The molecule has 3 rings (SSSR count). The zero-order chi connectivity index (χ0) is 17.8. The fourth-order valence-electron chi connectivity index (χ4n) is 3.78. The highest BCUT2D eigenvalue weighted by atomic mass is 35.5. The van der Waals surface area contributed by atoms with Gasteiger partial charge in [0.25, 0.3) is 5.91 Å². The average molecular weight is 357 g/mol. The molecule has 4 heteroatoms. The van der Waals surface area contributed by atoms with Gasteiger partial charge < -0.3 is 5.32 Å². The fourth-order valence-corrected chi connectivity index (χ4v) is 3.91. The molecule has 1 aliphatic carbocycles. The summed E-state index contributed by atoms with van der Waals surface area (Å²) in [4.78, 5) is 16.7. The Morgan fingerprint density at radius 2 is 1.84 bits per heavy atom. The van der Waals surface area contributed by atoms with E-state index in [0.717, 1.165) is 18.5 Å². The third-order valence-corrected chi connectivity index (χ3v) is 5.59. The molecule has 1 amide bonds. The molecule has 1 saturated carbocycles. The Morgan fingerprint density at radius 3 is 2.48 bits per heavy atom. The molecule has 132 valence electrons. The van der Waals surface area contributed by atoms with E-state index in [2.05, 4.69) is 29.4 Å². The van der Waals surface area contributed by atoms with Crippen molar-refractivity contribution in [3.8, 4) is 0 Å². The molecule has 1 N–H and O–H groups in total. The second kappa shape index (κ2) is 8.01. The molecule has 2 aromatic rings. The highest BCUT2D eigenvalue weighted by molar-refractivity contribution is 6.30. The Labute approximate surface area is 154 Å². The number of carbonyl (C=O) groups is 1. The number of nitrogens with zero attached hydrogens (tertiary/aromatic N) is 1. The van der Waals surface area contributed by atoms with Gasteiger partial charge in [0.1, 0.15) is 0 Å². The Bertz CT molecular complexity index is 721. The zero-order valence-corrected chi connectivity index (χ0v) is 15.6. The van der Waals surface area contributed by atoms with Gasteiger partial charge in [0.05, 0.1) is 0 Å². The molecule has 1 atom stereocenters. The van der Waals surface area contributed by atoms with Crippen LogP contribution in [0.1, 0.15) is 60.1 Å². The number of amides is 1. The molecule has 25 heavy (non-hydrogen) atoms. The van der Waals surface area contributed by atoms with Crippen LogP contribution in [0.5, 0.6) is 0 Å². The summed E-state index contributed by atoms with van der Waals surface area (Å²) >= 11 is 5.88. The number of halogens is 1. The highest BCUT2D eigenvalue weighted by Crippen LogP contribution is 2.37. The molecule has 1 aromatic heterocycles. The minimum Gasteiger partial charge on any atom is -0.349 e. The van der Waals surface area contributed by atoms with Gasteiger partial charge in [-0.05, 0) is 93.3 Å². The van der Waals surface area contributed by atoms with Gasteiger partial charge in [-0.15, -0.1) is 0 Å². The summed E-state index contributed by atoms with van der Waals surface area (Å²) in [6, 6.07) is 11.6. The smallest absolute Gasteiger partial charge is 0.251 e. The van der Waals surface area contributed by atoms with Crippen LogP contribution in [0.2, 0.25) is 5.02 Å². The first-order valence-corrected chi connectivity index (χ1v) is 9.39. The quantitative estimate of drug-likeness (QED) is 0.824. The van der Waals surface area contributed by atoms with Crippen LogP contribution in [-0.2, 0) is 0 Å². The summed E-state index contributed by atoms with van der Waals surface area (Å²) in [5.74, 6) is 1.14. The van der Waals surface area contributed by atoms with Crippen LogP contribution in [0.25, 0.3) is 0 Å². The van der Waals surface area contributed by atoms with Crippen LogP contribution >= 0.6 is 11.6 Å². The maximum Gasteiger partial charge on any atom is 0.251 e. The van der Waals surface area contributed by atoms with Crippen molar-refractivity contribution < 1.29 is 4.79 Å². The summed E-state index contributed by atoms with van der Waals surface area (Å²) in [6.45, 7) is 4.17. The van der Waals surface area contributed by atoms with Gasteiger partial charge in [0.15, 0.2) is 0 Å². The molecular weight excluding hydrogens is 332 g/mol. The van der Waals surface area contributed by atoms with Gasteiger partial charge in [0.2, 0.25) is 0 Å². The lowest BCUT2D eigenvalue weighted by atomic mass is 9.76. The maximum atomic E-state index is 12.4. The number of benzene rings is 1. The molecule has 3 nitrogen and oxygen atoms in total. The van der Waals surface area contributed by atoms with Gasteiger partial charge in [-0.25, -0.2) is 0 Å². The number of aryl methyl sites for hydroxylation is 1. The van der Waals surface area contributed by atoms with E-state index in [1.165, 1.54) is 18.4 Å². The molecule has 0 radical (unpaired) electrons. The summed E-state index contributed by atoms with van der Waals surface area (Å²) in [6.07, 6.45) is 6.55. The SMILES string of the molecule is Cc1cc(C2CCC(C(C)NC(=O)c3ccc(Cl)cc3)CC2)ccn1. The van der Waals surface area contributed by atoms with Gasteiger partial charge in [0, 0.05) is 28.5 Å². The van der Waals surface area contributed by atoms with Gasteiger partial charge >= 0.3 is 0 Å². The van der Waals surface area contributed by atoms with Crippen LogP contribution in [0.15, 0.2) is 42.6 Å². The number of hydrogen-bond acceptors (Lipinski definition) is 2. The molecule has 0 saturated heterocycles. The summed E-state index contributed by atoms with van der Waals surface area (Å²) in [7, 11) is 0. The average Bonchev–Trinajstić information content (AvgIpc) is 2.62. The van der Waals surface area contributed by atoms with Crippen LogP contribution in [0, 0.1) is 12.8 Å². The van der Waals surface area contributed by atoms with Crippen LogP contribution < -0.4 is 5.32 Å². The third kappa shape index (κ3) is 4.60. The van der Waals surface area contributed by atoms with Crippen LogP contribution in [-0.4, -0.2) is 16.9 Å². The van der Waals surface area contributed by atoms with E-state index in [0.29, 0.717) is 22.4 Å². The van der Waals surface area contributed by atoms with Gasteiger partial charge in [-0.1, -0.05) is 11.6 Å². The van der Waals surface area contributed by atoms with Crippen molar-refractivity contribution in [1.29, 1.82) is 0 Å². The van der Waals surface area contributed by atoms with Crippen molar-refractivity contribution in [2.24, 2.45) is 5.92 Å². The lowest BCUT2D eigenvalue weighted by molar-refractivity contribution is 0.0918. The van der Waals surface area contributed by atoms with Gasteiger partial charge in [-0.2, -0.15) is 0 Å². The molecule has 1 aromatic carbocycles. The second-order valence-corrected chi connectivity index (χ2v) is 7.55. The molecule has 1 unspecified atom stereocenters. The summed E-state index contributed by atoms with van der Waals surface area (Å²) < 4.78 is 0. The number of hydrogen-bond donors (Lipinski definition) is 1. The van der Waals surface area contributed by atoms with Crippen molar-refractivity contribution in [1.82, 2.24) is 10.3 Å². The van der Waals surface area contributed by atoms with Crippen molar-refractivity contribution in [2.75, 3.05) is 0 Å². The Morgan fingerprint density at radius 1 is 1.16 bits per heavy atom.